The second kappa shape index (κ2) is 2.12. The normalized spacial score (nSPS) is 19.6. The Bertz CT molecular complexity index is 133. The van der Waals surface area contributed by atoms with Crippen molar-refractivity contribution < 1.29 is 0 Å². The van der Waals surface area contributed by atoms with Gasteiger partial charge in [0.15, 0.2) is 0 Å². The third-order valence-electron chi connectivity index (χ3n) is 1.65. The molecule has 0 aromatic carbocycles. The monoisotopic (exact) mass is 109 g/mol. The van der Waals surface area contributed by atoms with E-state index in [2.05, 4.69) is 18.6 Å². The lowest BCUT2D eigenvalue weighted by atomic mass is 10.3. The molecule has 0 atom stereocenters. The summed E-state index contributed by atoms with van der Waals surface area (Å²) in [4.78, 5) is 3.90. The summed E-state index contributed by atoms with van der Waals surface area (Å²) in [5, 5.41) is 0. The first-order chi connectivity index (χ1) is 3.84. The first-order valence-electron chi connectivity index (χ1n) is 3.00. The summed E-state index contributed by atoms with van der Waals surface area (Å²) >= 11 is 0. The maximum absolute atomic E-state index is 3.90. The van der Waals surface area contributed by atoms with Gasteiger partial charge in [-0.05, 0) is 32.9 Å². The lowest BCUT2D eigenvalue weighted by Crippen LogP contribution is -1.70. The summed E-state index contributed by atoms with van der Waals surface area (Å²) in [6.45, 7) is 5.62. The van der Waals surface area contributed by atoms with Crippen LogP contribution in [0.3, 0.4) is 0 Å². The highest BCUT2D eigenvalue weighted by Gasteiger charge is 2.07. The zero-order chi connectivity index (χ0) is 5.98. The molecule has 1 nitrogen and oxygen atoms in total. The van der Waals surface area contributed by atoms with Gasteiger partial charge >= 0.3 is 0 Å². The molecule has 0 N–H and O–H groups in total. The summed E-state index contributed by atoms with van der Waals surface area (Å²) in [7, 11) is 0. The predicted molar refractivity (Wildman–Crippen MR) is 36.1 cm³/mol. The van der Waals surface area contributed by atoms with Gasteiger partial charge in [-0.15, -0.1) is 0 Å². The third kappa shape index (κ3) is 0.808. The van der Waals surface area contributed by atoms with Gasteiger partial charge in [0, 0.05) is 5.70 Å². The van der Waals surface area contributed by atoms with Gasteiger partial charge in [-0.25, -0.2) is 0 Å². The van der Waals surface area contributed by atoms with E-state index >= 15 is 0 Å². The van der Waals surface area contributed by atoms with Crippen LogP contribution in [0.5, 0.6) is 0 Å². The minimum atomic E-state index is 1.15. The molecule has 44 valence electrons. The number of hydrogen-bond donors (Lipinski definition) is 0. The van der Waals surface area contributed by atoms with Crippen LogP contribution in [0.4, 0.5) is 0 Å². The SMILES string of the molecule is C=NC1=C(C)CCC1. The van der Waals surface area contributed by atoms with Crippen molar-refractivity contribution in [2.75, 3.05) is 0 Å². The molecule has 0 saturated heterocycles. The van der Waals surface area contributed by atoms with Crippen LogP contribution in [0.2, 0.25) is 0 Å². The van der Waals surface area contributed by atoms with Crippen LogP contribution in [-0.4, -0.2) is 6.72 Å². The highest BCUT2D eigenvalue weighted by atomic mass is 14.7. The fourth-order valence-electron chi connectivity index (χ4n) is 1.09. The molecule has 0 radical (unpaired) electrons. The van der Waals surface area contributed by atoms with E-state index < -0.39 is 0 Å². The molecule has 0 heterocycles. The van der Waals surface area contributed by atoms with E-state index in [0.717, 1.165) is 6.42 Å². The van der Waals surface area contributed by atoms with Crippen LogP contribution in [0.15, 0.2) is 16.3 Å². The van der Waals surface area contributed by atoms with E-state index in [-0.39, 0.29) is 0 Å². The van der Waals surface area contributed by atoms with Crippen molar-refractivity contribution in [3.8, 4) is 0 Å². The van der Waals surface area contributed by atoms with Crippen molar-refractivity contribution in [1.29, 1.82) is 0 Å². The number of aliphatic imine (C=N–C) groups is 1. The van der Waals surface area contributed by atoms with Crippen LogP contribution in [-0.2, 0) is 0 Å². The molecule has 1 heteroatoms. The molecule has 0 fully saturated rings. The van der Waals surface area contributed by atoms with Crippen LogP contribution in [0, 0.1) is 0 Å². The third-order valence-corrected chi connectivity index (χ3v) is 1.65. The van der Waals surface area contributed by atoms with E-state index in [4.69, 9.17) is 0 Å². The smallest absolute Gasteiger partial charge is 0.0385 e. The van der Waals surface area contributed by atoms with E-state index in [1.165, 1.54) is 24.1 Å². The van der Waals surface area contributed by atoms with Crippen molar-refractivity contribution in [2.24, 2.45) is 4.99 Å². The Morgan fingerprint density at radius 3 is 2.50 bits per heavy atom. The van der Waals surface area contributed by atoms with Crippen molar-refractivity contribution in [2.45, 2.75) is 26.2 Å². The largest absolute Gasteiger partial charge is 0.269 e. The van der Waals surface area contributed by atoms with Gasteiger partial charge < -0.3 is 0 Å². The van der Waals surface area contributed by atoms with Gasteiger partial charge in [0.25, 0.3) is 0 Å². The zero-order valence-corrected chi connectivity index (χ0v) is 5.28. The Kier molecular flexibility index (Phi) is 1.47. The Morgan fingerprint density at radius 2 is 2.25 bits per heavy atom. The molecule has 0 aromatic heterocycles. The maximum Gasteiger partial charge on any atom is 0.0385 e. The Balaban J connectivity index is 2.72. The van der Waals surface area contributed by atoms with Crippen LogP contribution < -0.4 is 0 Å². The van der Waals surface area contributed by atoms with Crippen molar-refractivity contribution in [1.82, 2.24) is 0 Å². The Morgan fingerprint density at radius 1 is 1.50 bits per heavy atom. The minimum absolute atomic E-state index is 1.15. The molecular formula is C7H11N. The van der Waals surface area contributed by atoms with Crippen LogP contribution in [0.25, 0.3) is 0 Å². The first kappa shape index (κ1) is 5.54. The summed E-state index contributed by atoms with van der Waals surface area (Å²) in [6.07, 6.45) is 3.66. The van der Waals surface area contributed by atoms with E-state index in [9.17, 15) is 0 Å². The highest BCUT2D eigenvalue weighted by molar-refractivity contribution is 5.31. The fourth-order valence-corrected chi connectivity index (χ4v) is 1.09. The summed E-state index contributed by atoms with van der Waals surface area (Å²) < 4.78 is 0. The second-order valence-electron chi connectivity index (χ2n) is 2.24. The molecule has 1 aliphatic rings. The average molecular weight is 109 g/mol. The molecule has 1 rings (SSSR count). The lowest BCUT2D eigenvalue weighted by Gasteiger charge is -1.89. The average Bonchev–Trinajstić information content (AvgIpc) is 2.14. The van der Waals surface area contributed by atoms with Gasteiger partial charge in [0.2, 0.25) is 0 Å². The van der Waals surface area contributed by atoms with Crippen molar-refractivity contribution in [3.63, 3.8) is 0 Å². The minimum Gasteiger partial charge on any atom is -0.269 e. The van der Waals surface area contributed by atoms with E-state index in [1.54, 1.807) is 0 Å². The summed E-state index contributed by atoms with van der Waals surface area (Å²) in [6, 6.07) is 0. The summed E-state index contributed by atoms with van der Waals surface area (Å²) in [5.74, 6) is 0. The molecule has 0 bridgehead atoms. The number of rotatable bonds is 1. The standard InChI is InChI=1S/C7H11N/c1-6-4-3-5-7(6)8-2/h2-5H2,1H3. The van der Waals surface area contributed by atoms with Gasteiger partial charge in [-0.3, -0.25) is 4.99 Å². The molecule has 0 saturated carbocycles. The van der Waals surface area contributed by atoms with Gasteiger partial charge in [-0.2, -0.15) is 0 Å². The van der Waals surface area contributed by atoms with Gasteiger partial charge in [0.1, 0.15) is 0 Å². The molecule has 0 aliphatic heterocycles. The lowest BCUT2D eigenvalue weighted by molar-refractivity contribution is 0.890. The number of hydrogen-bond acceptors (Lipinski definition) is 1. The quantitative estimate of drug-likeness (QED) is 0.457. The fraction of sp³-hybridized carbons (Fsp3) is 0.571. The number of nitrogens with zero attached hydrogens (tertiary/aromatic N) is 1. The van der Waals surface area contributed by atoms with Gasteiger partial charge in [-0.1, -0.05) is 5.57 Å². The van der Waals surface area contributed by atoms with E-state index in [0.29, 0.717) is 0 Å². The van der Waals surface area contributed by atoms with Crippen LogP contribution >= 0.6 is 0 Å². The predicted octanol–water partition coefficient (Wildman–Crippen LogP) is 2.14. The molecule has 8 heavy (non-hydrogen) atoms. The maximum atomic E-state index is 3.90. The highest BCUT2D eigenvalue weighted by Crippen LogP contribution is 2.25. The Labute approximate surface area is 50.1 Å². The molecule has 0 unspecified atom stereocenters. The molecular weight excluding hydrogens is 98.1 g/mol. The zero-order valence-electron chi connectivity index (χ0n) is 5.28. The second-order valence-corrected chi connectivity index (χ2v) is 2.24. The molecule has 0 amide bonds. The molecule has 0 spiro atoms. The topological polar surface area (TPSA) is 12.4 Å². The number of allylic oxidation sites excluding steroid dienone is 2. The van der Waals surface area contributed by atoms with Crippen LogP contribution in [0.1, 0.15) is 26.2 Å². The van der Waals surface area contributed by atoms with Crippen molar-refractivity contribution >= 4 is 6.72 Å². The first-order valence-corrected chi connectivity index (χ1v) is 3.00. The van der Waals surface area contributed by atoms with Gasteiger partial charge in [0.05, 0.1) is 0 Å². The molecule has 1 aliphatic carbocycles. The van der Waals surface area contributed by atoms with E-state index in [1.807, 2.05) is 0 Å². The summed E-state index contributed by atoms with van der Waals surface area (Å²) in [5.41, 5.74) is 2.66. The Hall–Kier alpha value is -0.590. The van der Waals surface area contributed by atoms with Crippen molar-refractivity contribution in [3.05, 3.63) is 11.3 Å². The molecule has 0 aromatic rings.